The van der Waals surface area contributed by atoms with Gasteiger partial charge in [0.1, 0.15) is 18.5 Å². The molecule has 10 nitrogen and oxygen atoms in total. The number of rotatable bonds is 8. The van der Waals surface area contributed by atoms with Crippen LogP contribution in [0.15, 0.2) is 46.8 Å². The minimum absolute atomic E-state index is 0.0254. The Morgan fingerprint density at radius 1 is 1.32 bits per heavy atom. The molecule has 4 rings (SSSR count). The quantitative estimate of drug-likeness (QED) is 0.481. The van der Waals surface area contributed by atoms with Crippen molar-refractivity contribution in [1.29, 1.82) is 0 Å². The van der Waals surface area contributed by atoms with Crippen LogP contribution in [0.4, 0.5) is 0 Å². The summed E-state index contributed by atoms with van der Waals surface area (Å²) in [5.41, 5.74) is 1.84. The molecule has 34 heavy (non-hydrogen) atoms. The van der Waals surface area contributed by atoms with Crippen LogP contribution < -0.4 is 14.8 Å². The third-order valence-electron chi connectivity index (χ3n) is 6.11. The molecule has 2 amide bonds. The molecule has 4 atom stereocenters. The van der Waals surface area contributed by atoms with E-state index in [0.29, 0.717) is 28.9 Å². The summed E-state index contributed by atoms with van der Waals surface area (Å²) >= 11 is 0. The number of hydrogen-bond donors (Lipinski definition) is 3. The molecular formula is C24H26N2O8. The summed E-state index contributed by atoms with van der Waals surface area (Å²) in [5, 5.41) is 23.2. The van der Waals surface area contributed by atoms with Gasteiger partial charge in [-0.2, -0.15) is 0 Å². The molecule has 2 aliphatic rings. The predicted octanol–water partition coefficient (Wildman–Crippen LogP) is 0.772. The first-order valence-electron chi connectivity index (χ1n) is 10.8. The van der Waals surface area contributed by atoms with E-state index in [1.807, 2.05) is 0 Å². The summed E-state index contributed by atoms with van der Waals surface area (Å²) in [5.74, 6) is -0.870. The van der Waals surface area contributed by atoms with Gasteiger partial charge in [-0.05, 0) is 24.3 Å². The molecule has 0 saturated heterocycles. The largest absolute Gasteiger partial charge is 0.493 e. The molecule has 1 aliphatic carbocycles. The van der Waals surface area contributed by atoms with Crippen LogP contribution in [0.25, 0.3) is 0 Å². The van der Waals surface area contributed by atoms with Crippen LogP contribution in [-0.4, -0.2) is 71.7 Å². The number of nitrogens with zero attached hydrogens (tertiary/aromatic N) is 1. The lowest BCUT2D eigenvalue weighted by atomic mass is 9.77. The summed E-state index contributed by atoms with van der Waals surface area (Å²) in [6.07, 6.45) is 3.10. The molecule has 2 aromatic rings. The van der Waals surface area contributed by atoms with Crippen LogP contribution in [0, 0.1) is 0 Å². The van der Waals surface area contributed by atoms with Crippen LogP contribution >= 0.6 is 0 Å². The maximum atomic E-state index is 13.1. The number of hydrogen-bond acceptors (Lipinski definition) is 8. The zero-order chi connectivity index (χ0) is 24.4. The fraction of sp³-hybridized carbons (Fsp3) is 0.375. The van der Waals surface area contributed by atoms with Gasteiger partial charge >= 0.3 is 0 Å². The first-order chi connectivity index (χ1) is 16.4. The van der Waals surface area contributed by atoms with Crippen molar-refractivity contribution in [3.05, 3.63) is 59.1 Å². The number of nitrogens with one attached hydrogen (secondary N) is 1. The van der Waals surface area contributed by atoms with Crippen LogP contribution in [0.1, 0.15) is 34.3 Å². The zero-order valence-electron chi connectivity index (χ0n) is 18.8. The summed E-state index contributed by atoms with van der Waals surface area (Å²) in [4.78, 5) is 38.7. The van der Waals surface area contributed by atoms with Gasteiger partial charge in [0.2, 0.25) is 11.8 Å². The number of carbonyl (C=O) groups is 3. The molecule has 0 saturated carbocycles. The SMILES string of the molecule is COc1cc(C=O)cc2c1OC1C2C(C(=O)NCCO)=CC(N(Cc2ccoc2)C(C)=O)C1O. The van der Waals surface area contributed by atoms with Crippen LogP contribution in [-0.2, 0) is 16.1 Å². The van der Waals surface area contributed by atoms with Crippen LogP contribution in [0.3, 0.4) is 0 Å². The Morgan fingerprint density at radius 2 is 2.12 bits per heavy atom. The predicted molar refractivity (Wildman–Crippen MR) is 118 cm³/mol. The van der Waals surface area contributed by atoms with E-state index in [2.05, 4.69) is 5.32 Å². The van der Waals surface area contributed by atoms with Crippen LogP contribution in [0.2, 0.25) is 0 Å². The van der Waals surface area contributed by atoms with Gasteiger partial charge in [-0.25, -0.2) is 0 Å². The molecule has 0 spiro atoms. The number of aliphatic hydroxyl groups excluding tert-OH is 2. The van der Waals surface area contributed by atoms with Gasteiger partial charge in [-0.1, -0.05) is 0 Å². The maximum absolute atomic E-state index is 13.1. The Balaban J connectivity index is 1.81. The third-order valence-corrected chi connectivity index (χ3v) is 6.11. The second kappa shape index (κ2) is 9.70. The second-order valence-electron chi connectivity index (χ2n) is 8.18. The second-order valence-corrected chi connectivity index (χ2v) is 8.18. The Morgan fingerprint density at radius 3 is 2.74 bits per heavy atom. The summed E-state index contributed by atoms with van der Waals surface area (Å²) in [6.45, 7) is 1.30. The molecule has 1 aliphatic heterocycles. The Labute approximate surface area is 195 Å². The minimum atomic E-state index is -1.19. The average molecular weight is 470 g/mol. The molecule has 2 heterocycles. The number of furan rings is 1. The molecule has 180 valence electrons. The molecule has 0 radical (unpaired) electrons. The maximum Gasteiger partial charge on any atom is 0.247 e. The number of aliphatic hydroxyl groups is 2. The Hall–Kier alpha value is -3.63. The highest BCUT2D eigenvalue weighted by Crippen LogP contribution is 2.51. The molecule has 1 aromatic heterocycles. The highest BCUT2D eigenvalue weighted by Gasteiger charge is 2.51. The number of carbonyl (C=O) groups excluding carboxylic acids is 3. The molecular weight excluding hydrogens is 444 g/mol. The van der Waals surface area contributed by atoms with Gasteiger partial charge in [-0.15, -0.1) is 0 Å². The fourth-order valence-electron chi connectivity index (χ4n) is 4.56. The van der Waals surface area contributed by atoms with E-state index in [-0.39, 0.29) is 31.2 Å². The van der Waals surface area contributed by atoms with E-state index < -0.39 is 30.1 Å². The highest BCUT2D eigenvalue weighted by molar-refractivity contribution is 5.96. The number of amides is 2. The molecule has 1 aromatic carbocycles. The number of methoxy groups -OCH3 is 1. The zero-order valence-corrected chi connectivity index (χ0v) is 18.8. The summed E-state index contributed by atoms with van der Waals surface area (Å²) in [6, 6.07) is 3.95. The van der Waals surface area contributed by atoms with Crippen molar-refractivity contribution in [2.24, 2.45) is 0 Å². The van der Waals surface area contributed by atoms with Crippen molar-refractivity contribution >= 4 is 18.1 Å². The summed E-state index contributed by atoms with van der Waals surface area (Å²) < 4.78 is 16.6. The first-order valence-corrected chi connectivity index (χ1v) is 10.8. The van der Waals surface area contributed by atoms with Gasteiger partial charge in [0.25, 0.3) is 0 Å². The Kier molecular flexibility index (Phi) is 6.71. The summed E-state index contributed by atoms with van der Waals surface area (Å²) in [7, 11) is 1.43. The topological polar surface area (TPSA) is 139 Å². The number of ether oxygens (including phenoxy) is 2. The van der Waals surface area contributed by atoms with Crippen molar-refractivity contribution in [2.75, 3.05) is 20.3 Å². The van der Waals surface area contributed by atoms with E-state index in [4.69, 9.17) is 13.9 Å². The standard InChI is InChI=1S/C24H26N2O8/c1-13(29)26(10-14-3-6-33-12-14)18-9-17(24(31)25-4-5-27)20-16-7-15(11-28)8-19(32-2)22(16)34-23(20)21(18)30/h3,6-9,11-12,18,20-21,23,27,30H,4-5,10H2,1-2H3,(H,25,31). The average Bonchev–Trinajstić information content (AvgIpc) is 3.49. The van der Waals surface area contributed by atoms with E-state index in [1.54, 1.807) is 18.2 Å². The smallest absolute Gasteiger partial charge is 0.247 e. The molecule has 10 heteroatoms. The lowest BCUT2D eigenvalue weighted by molar-refractivity contribution is -0.135. The lowest BCUT2D eigenvalue weighted by Gasteiger charge is -2.40. The van der Waals surface area contributed by atoms with E-state index in [9.17, 15) is 24.6 Å². The minimum Gasteiger partial charge on any atom is -0.493 e. The van der Waals surface area contributed by atoms with Crippen molar-refractivity contribution in [1.82, 2.24) is 10.2 Å². The van der Waals surface area contributed by atoms with Gasteiger partial charge in [0.15, 0.2) is 11.5 Å². The number of aldehydes is 1. The van der Waals surface area contributed by atoms with E-state index in [0.717, 1.165) is 5.56 Å². The monoisotopic (exact) mass is 470 g/mol. The highest BCUT2D eigenvalue weighted by atomic mass is 16.5. The van der Waals surface area contributed by atoms with Crippen LogP contribution in [0.5, 0.6) is 11.5 Å². The Bertz CT molecular complexity index is 1110. The molecule has 0 fully saturated rings. The normalized spacial score (nSPS) is 22.6. The van der Waals surface area contributed by atoms with E-state index in [1.165, 1.54) is 37.5 Å². The van der Waals surface area contributed by atoms with Gasteiger partial charge in [0, 0.05) is 42.3 Å². The van der Waals surface area contributed by atoms with Crippen molar-refractivity contribution in [2.45, 2.75) is 37.6 Å². The third kappa shape index (κ3) is 4.17. The molecule has 4 unspecified atom stereocenters. The first kappa shape index (κ1) is 23.5. The van der Waals surface area contributed by atoms with Gasteiger partial charge in [-0.3, -0.25) is 14.4 Å². The van der Waals surface area contributed by atoms with Crippen molar-refractivity contribution in [3.8, 4) is 11.5 Å². The lowest BCUT2D eigenvalue weighted by Crippen LogP contribution is -2.55. The van der Waals surface area contributed by atoms with Gasteiger partial charge in [0.05, 0.1) is 38.2 Å². The number of benzene rings is 1. The number of fused-ring (bicyclic) bond motifs is 3. The fourth-order valence-corrected chi connectivity index (χ4v) is 4.56. The van der Waals surface area contributed by atoms with Crippen molar-refractivity contribution < 1.29 is 38.5 Å². The van der Waals surface area contributed by atoms with Crippen molar-refractivity contribution in [3.63, 3.8) is 0 Å². The molecule has 0 bridgehead atoms. The molecule has 3 N–H and O–H groups in total. The van der Waals surface area contributed by atoms with E-state index >= 15 is 0 Å². The van der Waals surface area contributed by atoms with Gasteiger partial charge < -0.3 is 34.3 Å².